The molecule has 498 valence electrons. The van der Waals surface area contributed by atoms with Crippen LogP contribution in [0, 0.1) is 0 Å². The van der Waals surface area contributed by atoms with Gasteiger partial charge in [-0.3, -0.25) is 19.2 Å². The number of nitrogens with zero attached hydrogens (tertiary/aromatic N) is 4. The molecule has 4 N–H and O–H groups in total. The Bertz CT molecular complexity index is 5840. The second kappa shape index (κ2) is 25.2. The fourth-order valence-corrected chi connectivity index (χ4v) is 15.0. The molecular weight excluding hydrogens is 1290 g/mol. The van der Waals surface area contributed by atoms with Gasteiger partial charge >= 0.3 is 0 Å². The van der Waals surface area contributed by atoms with E-state index in [2.05, 4.69) is 44.2 Å². The van der Waals surface area contributed by atoms with Crippen LogP contribution in [0.5, 0.6) is 0 Å². The van der Waals surface area contributed by atoms with Crippen molar-refractivity contribution in [1.29, 1.82) is 0 Å². The van der Waals surface area contributed by atoms with Gasteiger partial charge in [0, 0.05) is 111 Å². The summed E-state index contributed by atoms with van der Waals surface area (Å²) in [6, 6.07) is 70.2. The highest BCUT2D eigenvalue weighted by Gasteiger charge is 2.39. The Morgan fingerprint density at radius 1 is 0.240 bits per heavy atom. The number of benzene rings is 6. The van der Waals surface area contributed by atoms with Crippen molar-refractivity contribution < 1.29 is 28.7 Å². The number of carbonyl (C=O) groups excluding carboxylic acids is 4. The molecular formula is C90H62N8O6. The largest absolute Gasteiger partial charge is 0.486 e. The van der Waals surface area contributed by atoms with E-state index in [4.69, 9.17) is 29.4 Å². The lowest BCUT2D eigenvalue weighted by atomic mass is 9.84. The first-order valence-corrected chi connectivity index (χ1v) is 34.6. The molecule has 0 unspecified atom stereocenters. The van der Waals surface area contributed by atoms with Crippen molar-refractivity contribution in [2.24, 2.45) is 0 Å². The number of carbonyl (C=O) groups is 4. The molecule has 104 heavy (non-hydrogen) atoms. The van der Waals surface area contributed by atoms with Crippen molar-refractivity contribution in [2.75, 3.05) is 0 Å². The van der Waals surface area contributed by atoms with Crippen LogP contribution in [0.15, 0.2) is 230 Å². The van der Waals surface area contributed by atoms with Gasteiger partial charge in [-0.15, -0.1) is 0 Å². The average Bonchev–Trinajstić information content (AvgIpc) is 1.63. The van der Waals surface area contributed by atoms with Crippen molar-refractivity contribution in [3.8, 4) is 55.6 Å². The maximum absolute atomic E-state index is 15.4. The zero-order valence-corrected chi connectivity index (χ0v) is 56.8. The number of hydrogen-bond donors (Lipinski definition) is 4. The van der Waals surface area contributed by atoms with E-state index in [-0.39, 0.29) is 56.5 Å². The van der Waals surface area contributed by atoms with Crippen LogP contribution < -0.4 is 0 Å². The normalized spacial score (nSPS) is 13.8. The standard InChI is InChI=1S/C90H62N8O6/c1-49(2)103-89-83(85(99)55-29-17-19-31-57(55)87(89)101)81-71-45-37-63(95-71)75(51-21-9-5-10-22-51)59-33-41-67(91-59)79(68-42-34-60(92-68)76(52-23-11-6-12-24-52)64-38-46-72(81)96-64)80-69-43-35-61(93-69)77(53-25-13-7-14-26-53)65-39-47-73(97-65)82(84-86(100)56-30-18-20-32-58(56)88(102)90(84)104-50(3)4)74-48-40-66(98-74)78(54-27-15-8-16-28-54)62-36-44-70(80)94-62/h5-50,91,93,96,98H,1-4H3. The Labute approximate surface area is 596 Å². The Kier molecular flexibility index (Phi) is 15.1. The summed E-state index contributed by atoms with van der Waals surface area (Å²) in [6.45, 7) is 7.38. The van der Waals surface area contributed by atoms with E-state index in [1.807, 2.05) is 222 Å². The molecule has 0 saturated heterocycles. The van der Waals surface area contributed by atoms with Crippen LogP contribution >= 0.6 is 0 Å². The van der Waals surface area contributed by atoms with E-state index in [0.717, 1.165) is 66.7 Å². The van der Waals surface area contributed by atoms with Crippen LogP contribution in [-0.4, -0.2) is 75.2 Å². The Morgan fingerprint density at radius 3 is 0.692 bits per heavy atom. The predicted octanol–water partition coefficient (Wildman–Crippen LogP) is 20.4. The number of nitrogens with one attached hydrogen (secondary N) is 4. The van der Waals surface area contributed by atoms with E-state index in [9.17, 15) is 9.59 Å². The van der Waals surface area contributed by atoms with Gasteiger partial charge in [0.15, 0.2) is 23.1 Å². The summed E-state index contributed by atoms with van der Waals surface area (Å²) >= 11 is 0. The van der Waals surface area contributed by atoms with E-state index < -0.39 is 23.8 Å². The minimum Gasteiger partial charge on any atom is -0.486 e. The Hall–Kier alpha value is -13.7. The fourth-order valence-electron chi connectivity index (χ4n) is 15.0. The second-order valence-electron chi connectivity index (χ2n) is 26.6. The fraction of sp³-hybridized carbons (Fsp3) is 0.0667. The van der Waals surface area contributed by atoms with Gasteiger partial charge in [-0.2, -0.15) is 0 Å². The van der Waals surface area contributed by atoms with Gasteiger partial charge in [-0.1, -0.05) is 170 Å². The van der Waals surface area contributed by atoms with Gasteiger partial charge in [0.1, 0.15) is 0 Å². The number of ketones is 4. The third kappa shape index (κ3) is 10.6. The van der Waals surface area contributed by atoms with Crippen LogP contribution in [0.1, 0.15) is 126 Å². The summed E-state index contributed by atoms with van der Waals surface area (Å²) in [5, 5.41) is 0. The molecule has 2 aliphatic carbocycles. The number of H-pyrrole nitrogens is 4. The van der Waals surface area contributed by atoms with Gasteiger partial charge in [0.05, 0.1) is 68.9 Å². The molecule has 0 spiro atoms. The number of aromatic nitrogens is 8. The molecule has 0 radical (unpaired) electrons. The molecule has 6 aliphatic rings. The summed E-state index contributed by atoms with van der Waals surface area (Å²) in [7, 11) is 0. The maximum Gasteiger partial charge on any atom is 0.229 e. The zero-order valence-electron chi connectivity index (χ0n) is 56.8. The molecule has 0 fully saturated rings. The van der Waals surface area contributed by atoms with Gasteiger partial charge in [0.2, 0.25) is 11.6 Å². The number of allylic oxidation sites excluding steroid dienone is 4. The molecule has 6 aromatic heterocycles. The molecule has 14 nitrogen and oxygen atoms in total. The third-order valence-corrected chi connectivity index (χ3v) is 19.4. The molecule has 16 bridgehead atoms. The maximum atomic E-state index is 15.4. The number of Topliss-reactive ketones (excluding diaryl/α,β-unsaturated/α-hetero) is 4. The highest BCUT2D eigenvalue weighted by Crippen LogP contribution is 2.46. The lowest BCUT2D eigenvalue weighted by Gasteiger charge is -2.23. The summed E-state index contributed by atoms with van der Waals surface area (Å²) in [5.74, 6) is -1.62. The molecule has 6 aromatic carbocycles. The van der Waals surface area contributed by atoms with E-state index in [1.54, 1.807) is 48.5 Å². The first kappa shape index (κ1) is 62.5. The zero-order chi connectivity index (χ0) is 70.4. The Balaban J connectivity index is 0.983. The molecule has 0 atom stereocenters. The lowest BCUT2D eigenvalue weighted by molar-refractivity contribution is 0.0820. The van der Waals surface area contributed by atoms with Gasteiger partial charge < -0.3 is 29.4 Å². The summed E-state index contributed by atoms with van der Waals surface area (Å²) < 4.78 is 13.0. The van der Waals surface area contributed by atoms with Crippen LogP contribution in [0.2, 0.25) is 0 Å². The van der Waals surface area contributed by atoms with Crippen LogP contribution in [0.4, 0.5) is 0 Å². The topological polar surface area (TPSA) is 201 Å². The van der Waals surface area contributed by atoms with Crippen LogP contribution in [0.3, 0.4) is 0 Å². The number of aromatic amines is 4. The van der Waals surface area contributed by atoms with E-state index in [1.165, 1.54) is 0 Å². The smallest absolute Gasteiger partial charge is 0.229 e. The van der Waals surface area contributed by atoms with Crippen molar-refractivity contribution in [1.82, 2.24) is 39.9 Å². The van der Waals surface area contributed by atoms with Gasteiger partial charge in [-0.05, 0) is 147 Å². The van der Waals surface area contributed by atoms with Crippen LogP contribution in [-0.2, 0) is 9.47 Å². The van der Waals surface area contributed by atoms with Gasteiger partial charge in [0.25, 0.3) is 0 Å². The number of ether oxygens (including phenoxy) is 2. The quantitative estimate of drug-likeness (QED) is 0.0965. The summed E-state index contributed by atoms with van der Waals surface area (Å²) in [4.78, 5) is 98.6. The SMILES string of the molecule is CC(C)OC1=C(c2c3nc(c(-c4ccccc4)c4ccc([nH]4)c(-c4c5nc(c(-c6ccccc6)c6ccc([nH]6)c(C6=C(OC(C)C)C(=O)c7ccccc7C6=O)c6nc(c(-c7ccccc7)c7ccc4[nH]7)C=C6)C=C5)c4nc(c(-c5ccccc5)c5ccc2[nH]5)C=C4)C=C3)C(=O)c2ccccc2C1=O. The third-order valence-electron chi connectivity index (χ3n) is 19.4. The Morgan fingerprint density at radius 2 is 0.442 bits per heavy atom. The molecule has 0 amide bonds. The molecule has 14 heteroatoms. The first-order valence-electron chi connectivity index (χ1n) is 34.6. The predicted molar refractivity (Wildman–Crippen MR) is 415 cm³/mol. The van der Waals surface area contributed by atoms with E-state index in [0.29, 0.717) is 89.8 Å². The van der Waals surface area contributed by atoms with Crippen molar-refractivity contribution >= 4 is 127 Å². The van der Waals surface area contributed by atoms with Crippen molar-refractivity contribution in [3.63, 3.8) is 0 Å². The van der Waals surface area contributed by atoms with Gasteiger partial charge in [-0.25, -0.2) is 19.9 Å². The van der Waals surface area contributed by atoms with Crippen LogP contribution in [0.25, 0.3) is 160 Å². The summed E-state index contributed by atoms with van der Waals surface area (Å²) in [5.41, 5.74) is 19.9. The molecule has 18 rings (SSSR count). The number of rotatable bonds is 11. The van der Waals surface area contributed by atoms with E-state index >= 15 is 9.59 Å². The monoisotopic (exact) mass is 1350 g/mol. The highest BCUT2D eigenvalue weighted by molar-refractivity contribution is 6.42. The van der Waals surface area contributed by atoms with Crippen molar-refractivity contribution in [3.05, 3.63) is 309 Å². The minimum absolute atomic E-state index is 0.0507. The molecule has 0 saturated carbocycles. The first-order chi connectivity index (χ1) is 50.9. The number of hydrogen-bond acceptors (Lipinski definition) is 10. The van der Waals surface area contributed by atoms with Crippen molar-refractivity contribution in [2.45, 2.75) is 39.9 Å². The highest BCUT2D eigenvalue weighted by atomic mass is 16.5. The minimum atomic E-state index is -0.459. The second-order valence-corrected chi connectivity index (χ2v) is 26.6. The lowest BCUT2D eigenvalue weighted by Crippen LogP contribution is -2.25. The summed E-state index contributed by atoms with van der Waals surface area (Å²) in [6.07, 6.45) is 15.0. The number of fused-ring (bicyclic) bond motifs is 18. The molecule has 10 heterocycles. The molecule has 12 aromatic rings. The average molecular weight is 1350 g/mol. The molecule has 4 aliphatic heterocycles.